The molecule has 1 aliphatic heterocycles. The molecular weight excluding hydrogens is 272 g/mol. The smallest absolute Gasteiger partial charge is 0.325 e. The number of carboxylic acids is 1. The summed E-state index contributed by atoms with van der Waals surface area (Å²) in [6.45, 7) is 0.852. The molecule has 2 aliphatic rings. The number of para-hydroxylation sites is 2. The van der Waals surface area contributed by atoms with Crippen molar-refractivity contribution in [1.82, 2.24) is 4.90 Å². The van der Waals surface area contributed by atoms with E-state index in [0.717, 1.165) is 24.9 Å². The van der Waals surface area contributed by atoms with E-state index in [0.29, 0.717) is 18.9 Å². The number of nitrogens with zero attached hydrogens (tertiary/aromatic N) is 2. The first kappa shape index (κ1) is 13.7. The fraction of sp³-hybridized carbons (Fsp3) is 0.467. The molecule has 0 bridgehead atoms. The van der Waals surface area contributed by atoms with Crippen molar-refractivity contribution in [3.8, 4) is 5.75 Å². The van der Waals surface area contributed by atoms with Crippen molar-refractivity contribution < 1.29 is 19.4 Å². The number of rotatable bonds is 3. The molecule has 1 aromatic rings. The summed E-state index contributed by atoms with van der Waals surface area (Å²) in [5.41, 5.74) is 0.719. The summed E-state index contributed by atoms with van der Waals surface area (Å²) in [7, 11) is 0. The number of hydrogen-bond acceptors (Lipinski definition) is 3. The molecule has 2 amide bonds. The van der Waals surface area contributed by atoms with Gasteiger partial charge in [0.2, 0.25) is 0 Å². The van der Waals surface area contributed by atoms with Crippen LogP contribution in [-0.4, -0.2) is 47.7 Å². The van der Waals surface area contributed by atoms with Crippen LogP contribution in [-0.2, 0) is 4.79 Å². The molecule has 1 fully saturated rings. The molecule has 112 valence electrons. The second kappa shape index (κ2) is 5.63. The van der Waals surface area contributed by atoms with Gasteiger partial charge in [0.05, 0.1) is 12.3 Å². The molecule has 21 heavy (non-hydrogen) atoms. The second-order valence-electron chi connectivity index (χ2n) is 5.36. The Labute approximate surface area is 122 Å². The zero-order valence-electron chi connectivity index (χ0n) is 11.7. The van der Waals surface area contributed by atoms with Crippen LogP contribution in [0.15, 0.2) is 24.3 Å². The minimum absolute atomic E-state index is 0.0601. The molecule has 0 spiro atoms. The van der Waals surface area contributed by atoms with Crippen LogP contribution in [0.4, 0.5) is 10.5 Å². The van der Waals surface area contributed by atoms with Crippen LogP contribution < -0.4 is 9.64 Å². The first-order chi connectivity index (χ1) is 10.2. The molecule has 1 saturated carbocycles. The minimum atomic E-state index is -0.977. The van der Waals surface area contributed by atoms with Crippen molar-refractivity contribution >= 4 is 17.7 Å². The highest BCUT2D eigenvalue weighted by Crippen LogP contribution is 2.34. The van der Waals surface area contributed by atoms with Gasteiger partial charge in [0.25, 0.3) is 0 Å². The molecular formula is C15H18N2O4. The van der Waals surface area contributed by atoms with E-state index in [1.54, 1.807) is 4.90 Å². The summed E-state index contributed by atoms with van der Waals surface area (Å²) < 4.78 is 5.64. The first-order valence-corrected chi connectivity index (χ1v) is 7.18. The lowest BCUT2D eigenvalue weighted by molar-refractivity contribution is -0.137. The molecule has 6 heteroatoms. The van der Waals surface area contributed by atoms with Crippen molar-refractivity contribution in [2.24, 2.45) is 0 Å². The van der Waals surface area contributed by atoms with Gasteiger partial charge in [0.1, 0.15) is 12.3 Å². The summed E-state index contributed by atoms with van der Waals surface area (Å²) >= 11 is 0. The maximum Gasteiger partial charge on any atom is 0.325 e. The number of hydrogen-bond donors (Lipinski definition) is 1. The molecule has 0 saturated heterocycles. The number of aliphatic carboxylic acids is 1. The van der Waals surface area contributed by atoms with E-state index >= 15 is 0 Å². The number of fused-ring (bicyclic) bond motifs is 1. The summed E-state index contributed by atoms with van der Waals surface area (Å²) in [6, 6.07) is 7.21. The molecule has 1 aromatic carbocycles. The number of carbonyl (C=O) groups is 2. The monoisotopic (exact) mass is 290 g/mol. The van der Waals surface area contributed by atoms with Gasteiger partial charge in [0.15, 0.2) is 0 Å². The summed E-state index contributed by atoms with van der Waals surface area (Å²) in [6.07, 6.45) is 2.49. The van der Waals surface area contributed by atoms with Crippen LogP contribution in [0.3, 0.4) is 0 Å². The van der Waals surface area contributed by atoms with Crippen LogP contribution in [0, 0.1) is 0 Å². The normalized spacial score (nSPS) is 17.4. The highest BCUT2D eigenvalue weighted by molar-refractivity contribution is 5.95. The number of benzene rings is 1. The Morgan fingerprint density at radius 2 is 2.10 bits per heavy atom. The van der Waals surface area contributed by atoms with Crippen LogP contribution in [0.25, 0.3) is 0 Å². The lowest BCUT2D eigenvalue weighted by Gasteiger charge is -2.29. The fourth-order valence-electron chi connectivity index (χ4n) is 2.57. The predicted octanol–water partition coefficient (Wildman–Crippen LogP) is 1.94. The molecule has 6 nitrogen and oxygen atoms in total. The van der Waals surface area contributed by atoms with Gasteiger partial charge in [-0.3, -0.25) is 9.69 Å². The van der Waals surface area contributed by atoms with Crippen molar-refractivity contribution in [2.45, 2.75) is 25.3 Å². The van der Waals surface area contributed by atoms with Gasteiger partial charge in [0, 0.05) is 12.6 Å². The third-order valence-corrected chi connectivity index (χ3v) is 3.71. The average Bonchev–Trinajstić information content (AvgIpc) is 3.30. The van der Waals surface area contributed by atoms with E-state index in [2.05, 4.69) is 0 Å². The number of urea groups is 1. The van der Waals surface area contributed by atoms with E-state index in [1.807, 2.05) is 24.3 Å². The van der Waals surface area contributed by atoms with Crippen molar-refractivity contribution in [1.29, 1.82) is 0 Å². The predicted molar refractivity (Wildman–Crippen MR) is 76.7 cm³/mol. The summed E-state index contributed by atoms with van der Waals surface area (Å²) in [5.74, 6) is -0.302. The van der Waals surface area contributed by atoms with Crippen molar-refractivity contribution in [3.05, 3.63) is 24.3 Å². The van der Waals surface area contributed by atoms with E-state index in [4.69, 9.17) is 9.84 Å². The van der Waals surface area contributed by atoms with Crippen molar-refractivity contribution in [2.75, 3.05) is 24.6 Å². The van der Waals surface area contributed by atoms with Gasteiger partial charge in [-0.2, -0.15) is 0 Å². The Kier molecular flexibility index (Phi) is 3.68. The van der Waals surface area contributed by atoms with Gasteiger partial charge in [-0.15, -0.1) is 0 Å². The second-order valence-corrected chi connectivity index (χ2v) is 5.36. The number of carbonyl (C=O) groups excluding carboxylic acids is 1. The SMILES string of the molecule is O=C(O)CN(C(=O)N1CCCOc2ccccc21)C1CC1. The van der Waals surface area contributed by atoms with Gasteiger partial charge in [-0.1, -0.05) is 12.1 Å². The topological polar surface area (TPSA) is 70.1 Å². The number of amides is 2. The highest BCUT2D eigenvalue weighted by atomic mass is 16.5. The fourth-order valence-corrected chi connectivity index (χ4v) is 2.57. The molecule has 1 heterocycles. The van der Waals surface area contributed by atoms with E-state index < -0.39 is 5.97 Å². The molecule has 0 aromatic heterocycles. The number of carboxylic acid groups (broad SMARTS) is 1. The molecule has 0 atom stereocenters. The minimum Gasteiger partial charge on any atom is -0.491 e. The Balaban J connectivity index is 1.87. The van der Waals surface area contributed by atoms with Gasteiger partial charge >= 0.3 is 12.0 Å². The zero-order valence-corrected chi connectivity index (χ0v) is 11.7. The highest BCUT2D eigenvalue weighted by Gasteiger charge is 2.37. The van der Waals surface area contributed by atoms with Crippen LogP contribution in [0.2, 0.25) is 0 Å². The molecule has 1 N–H and O–H groups in total. The zero-order chi connectivity index (χ0) is 14.8. The Bertz CT molecular complexity index is 556. The lowest BCUT2D eigenvalue weighted by atomic mass is 10.2. The summed E-state index contributed by atoms with van der Waals surface area (Å²) in [4.78, 5) is 26.9. The van der Waals surface area contributed by atoms with Crippen LogP contribution in [0.1, 0.15) is 19.3 Å². The molecule has 0 unspecified atom stereocenters. The maximum absolute atomic E-state index is 12.8. The molecule has 0 radical (unpaired) electrons. The van der Waals surface area contributed by atoms with E-state index in [-0.39, 0.29) is 18.6 Å². The Morgan fingerprint density at radius 1 is 1.33 bits per heavy atom. The first-order valence-electron chi connectivity index (χ1n) is 7.18. The maximum atomic E-state index is 12.8. The molecule has 1 aliphatic carbocycles. The summed E-state index contributed by atoms with van der Waals surface area (Å²) in [5, 5.41) is 9.02. The lowest BCUT2D eigenvalue weighted by Crippen LogP contribution is -2.47. The number of anilines is 1. The van der Waals surface area contributed by atoms with Crippen LogP contribution in [0.5, 0.6) is 5.75 Å². The van der Waals surface area contributed by atoms with Crippen molar-refractivity contribution in [3.63, 3.8) is 0 Å². The van der Waals surface area contributed by atoms with E-state index in [1.165, 1.54) is 4.90 Å². The Morgan fingerprint density at radius 3 is 2.81 bits per heavy atom. The third kappa shape index (κ3) is 2.94. The average molecular weight is 290 g/mol. The molecule has 3 rings (SSSR count). The largest absolute Gasteiger partial charge is 0.491 e. The standard InChI is InChI=1S/C15H18N2O4/c18-14(19)10-17(11-6-7-11)15(20)16-8-3-9-21-13-5-2-1-4-12(13)16/h1-2,4-5,11H,3,6-10H2,(H,18,19). The van der Waals surface area contributed by atoms with Gasteiger partial charge in [-0.05, 0) is 31.4 Å². The van der Waals surface area contributed by atoms with Gasteiger partial charge in [-0.25, -0.2) is 4.79 Å². The van der Waals surface area contributed by atoms with Crippen LogP contribution >= 0.6 is 0 Å². The Hall–Kier alpha value is -2.24. The number of ether oxygens (including phenoxy) is 1. The van der Waals surface area contributed by atoms with E-state index in [9.17, 15) is 9.59 Å². The van der Waals surface area contributed by atoms with Gasteiger partial charge < -0.3 is 14.7 Å². The quantitative estimate of drug-likeness (QED) is 0.923. The third-order valence-electron chi connectivity index (χ3n) is 3.71.